The minimum atomic E-state index is -3.87. The Morgan fingerprint density at radius 1 is 0.900 bits per heavy atom. The highest BCUT2D eigenvalue weighted by Gasteiger charge is 2.62. The van der Waals surface area contributed by atoms with Gasteiger partial charge in [-0.05, 0) is 71.0 Å². The third kappa shape index (κ3) is 5.96. The maximum atomic E-state index is 13.2. The van der Waals surface area contributed by atoms with Crippen LogP contribution in [0.25, 0.3) is 0 Å². The lowest BCUT2D eigenvalue weighted by Crippen LogP contribution is -2.60. The van der Waals surface area contributed by atoms with Gasteiger partial charge in [0.2, 0.25) is 5.91 Å². The van der Waals surface area contributed by atoms with Crippen molar-refractivity contribution in [1.82, 2.24) is 10.3 Å². The van der Waals surface area contributed by atoms with Crippen molar-refractivity contribution in [3.63, 3.8) is 0 Å². The first-order valence-corrected chi connectivity index (χ1v) is 14.2. The highest BCUT2D eigenvalue weighted by molar-refractivity contribution is 7.92. The number of rotatable bonds is 7. The molecule has 2 amide bonds. The smallest absolute Gasteiger partial charge is 0.263 e. The van der Waals surface area contributed by atoms with Crippen LogP contribution in [0.5, 0.6) is 0 Å². The number of aromatic nitrogens is 1. The van der Waals surface area contributed by atoms with E-state index < -0.39 is 70.2 Å². The van der Waals surface area contributed by atoms with Gasteiger partial charge < -0.3 is 34.3 Å². The molecule has 3 fully saturated rings. The summed E-state index contributed by atoms with van der Waals surface area (Å²) in [4.78, 5) is 30.0. The first-order chi connectivity index (χ1) is 18.7. The average molecular weight is 577 g/mol. The van der Waals surface area contributed by atoms with Crippen LogP contribution in [-0.2, 0) is 43.3 Å². The summed E-state index contributed by atoms with van der Waals surface area (Å²) < 4.78 is 57.3. The Bertz CT molecular complexity index is 1370. The fourth-order valence-corrected chi connectivity index (χ4v) is 5.78. The Morgan fingerprint density at radius 2 is 1.55 bits per heavy atom. The monoisotopic (exact) mass is 576 g/mol. The minimum Gasteiger partial charge on any atom is -0.342 e. The summed E-state index contributed by atoms with van der Waals surface area (Å²) in [5.74, 6) is -2.82. The van der Waals surface area contributed by atoms with Gasteiger partial charge in [-0.15, -0.1) is 0 Å². The number of anilines is 2. The van der Waals surface area contributed by atoms with Crippen molar-refractivity contribution in [2.75, 3.05) is 10.0 Å². The van der Waals surface area contributed by atoms with Crippen LogP contribution >= 0.6 is 0 Å². The highest BCUT2D eigenvalue weighted by Crippen LogP contribution is 2.44. The molecule has 0 radical (unpaired) electrons. The van der Waals surface area contributed by atoms with E-state index in [1.54, 1.807) is 39.8 Å². The second-order valence-corrected chi connectivity index (χ2v) is 12.3. The average Bonchev–Trinajstić information content (AvgIpc) is 3.37. The molecule has 0 unspecified atom stereocenters. The zero-order valence-corrected chi connectivity index (χ0v) is 23.4. The molecule has 3 saturated heterocycles. The first kappa shape index (κ1) is 28.4. The Hall–Kier alpha value is -3.14. The lowest BCUT2D eigenvalue weighted by molar-refractivity contribution is -0.231. The van der Waals surface area contributed by atoms with Gasteiger partial charge in [-0.25, -0.2) is 13.4 Å². The Morgan fingerprint density at radius 3 is 2.23 bits per heavy atom. The second-order valence-electron chi connectivity index (χ2n) is 10.7. The van der Waals surface area contributed by atoms with Crippen molar-refractivity contribution in [2.45, 2.75) is 87.8 Å². The number of carbonyl (C=O) groups is 2. The summed E-state index contributed by atoms with van der Waals surface area (Å²) in [6.07, 6.45) is -2.47. The van der Waals surface area contributed by atoms with Crippen LogP contribution in [0.4, 0.5) is 11.5 Å². The van der Waals surface area contributed by atoms with Gasteiger partial charge in [-0.2, -0.15) is 0 Å². The standard InChI is InChI=1S/C26H32N4O9S/c1-14(22(31)29-15-9-11-16(12-10-15)40(33,34)30-17-8-6-7-13-27-17)28-23(32)20-18-19(37-25(2,3)36-18)21-24(35-20)39-26(4,5)38-21/h6-14,18-21,24H,1-5H3,(H,27,30)(H,28,32)(H,29,31)/t14-,18+,19+,20+,21+,24+/m0/s1. The number of carbonyl (C=O) groups excluding carboxylic acids is 2. The Balaban J connectivity index is 1.21. The van der Waals surface area contributed by atoms with Crippen molar-refractivity contribution < 1.29 is 41.7 Å². The summed E-state index contributed by atoms with van der Waals surface area (Å²) in [5, 5.41) is 5.32. The SMILES string of the molecule is C[C@H](NC(=O)[C@@H]1O[C@@H]2OC(C)(C)O[C@@H]2[C@@H]2OC(C)(C)O[C@H]21)C(=O)Nc1ccc(S(=O)(=O)Nc2ccccn2)cc1. The largest absolute Gasteiger partial charge is 0.342 e. The molecular formula is C26H32N4O9S. The summed E-state index contributed by atoms with van der Waals surface area (Å²) in [7, 11) is -3.87. The maximum absolute atomic E-state index is 13.2. The molecule has 3 aliphatic rings. The van der Waals surface area contributed by atoms with Crippen LogP contribution in [0, 0.1) is 0 Å². The molecule has 3 N–H and O–H groups in total. The van der Waals surface area contributed by atoms with Crippen LogP contribution in [-0.4, -0.2) is 73.5 Å². The van der Waals surface area contributed by atoms with Gasteiger partial charge in [0.15, 0.2) is 24.0 Å². The number of pyridine rings is 1. The predicted molar refractivity (Wildman–Crippen MR) is 140 cm³/mol. The molecule has 6 atom stereocenters. The fourth-order valence-electron chi connectivity index (χ4n) is 4.77. The number of sulfonamides is 1. The van der Waals surface area contributed by atoms with Crippen LogP contribution < -0.4 is 15.4 Å². The van der Waals surface area contributed by atoms with Gasteiger partial charge in [-0.1, -0.05) is 6.07 Å². The molecule has 40 heavy (non-hydrogen) atoms. The summed E-state index contributed by atoms with van der Waals surface area (Å²) >= 11 is 0. The van der Waals surface area contributed by atoms with E-state index >= 15 is 0 Å². The number of amides is 2. The summed E-state index contributed by atoms with van der Waals surface area (Å²) in [6, 6.07) is 9.48. The number of hydrogen-bond donors (Lipinski definition) is 3. The van der Waals surface area contributed by atoms with Gasteiger partial charge in [0, 0.05) is 11.9 Å². The molecule has 0 saturated carbocycles. The van der Waals surface area contributed by atoms with Crippen molar-refractivity contribution >= 4 is 33.3 Å². The number of fused-ring (bicyclic) bond motifs is 3. The van der Waals surface area contributed by atoms with E-state index in [9.17, 15) is 18.0 Å². The van der Waals surface area contributed by atoms with Crippen LogP contribution in [0.15, 0.2) is 53.6 Å². The lowest BCUT2D eigenvalue weighted by atomic mass is 9.98. The summed E-state index contributed by atoms with van der Waals surface area (Å²) in [5.41, 5.74) is 0.340. The third-order valence-corrected chi connectivity index (χ3v) is 7.87. The van der Waals surface area contributed by atoms with Gasteiger partial charge in [0.1, 0.15) is 30.2 Å². The van der Waals surface area contributed by atoms with Gasteiger partial charge in [0.05, 0.1) is 4.90 Å². The van der Waals surface area contributed by atoms with Crippen molar-refractivity contribution in [3.05, 3.63) is 48.7 Å². The first-order valence-electron chi connectivity index (χ1n) is 12.7. The molecule has 216 valence electrons. The van der Waals surface area contributed by atoms with E-state index in [-0.39, 0.29) is 10.7 Å². The molecule has 3 aliphatic heterocycles. The van der Waals surface area contributed by atoms with E-state index in [0.29, 0.717) is 5.69 Å². The lowest BCUT2D eigenvalue weighted by Gasteiger charge is -2.36. The number of nitrogens with one attached hydrogen (secondary N) is 3. The van der Waals surface area contributed by atoms with Crippen molar-refractivity contribution in [2.24, 2.45) is 0 Å². The predicted octanol–water partition coefficient (Wildman–Crippen LogP) is 1.72. The molecule has 2 aromatic rings. The fraction of sp³-hybridized carbons (Fsp3) is 0.500. The summed E-state index contributed by atoms with van der Waals surface area (Å²) in [6.45, 7) is 8.46. The zero-order chi connectivity index (χ0) is 28.9. The Labute approximate surface area is 231 Å². The van der Waals surface area contributed by atoms with Crippen LogP contribution in [0.3, 0.4) is 0 Å². The molecule has 0 spiro atoms. The van der Waals surface area contributed by atoms with Crippen molar-refractivity contribution in [1.29, 1.82) is 0 Å². The van der Waals surface area contributed by atoms with Gasteiger partial charge in [-0.3, -0.25) is 14.3 Å². The maximum Gasteiger partial charge on any atom is 0.263 e. The van der Waals surface area contributed by atoms with Crippen LogP contribution in [0.2, 0.25) is 0 Å². The molecule has 5 rings (SSSR count). The number of benzene rings is 1. The molecule has 4 heterocycles. The molecule has 1 aromatic carbocycles. The second kappa shape index (κ2) is 10.4. The zero-order valence-electron chi connectivity index (χ0n) is 22.6. The Kier molecular flexibility index (Phi) is 7.35. The van der Waals surface area contributed by atoms with E-state index in [2.05, 4.69) is 20.3 Å². The quantitative estimate of drug-likeness (QED) is 0.442. The van der Waals surface area contributed by atoms with E-state index in [1.807, 2.05) is 0 Å². The molecule has 14 heteroatoms. The highest BCUT2D eigenvalue weighted by atomic mass is 32.2. The molecule has 1 aromatic heterocycles. The molecular weight excluding hydrogens is 544 g/mol. The van der Waals surface area contributed by atoms with Gasteiger partial charge >= 0.3 is 0 Å². The number of ether oxygens (including phenoxy) is 5. The topological polar surface area (TPSA) is 163 Å². The number of hydrogen-bond acceptors (Lipinski definition) is 10. The molecule has 13 nitrogen and oxygen atoms in total. The van der Waals surface area contributed by atoms with E-state index in [0.717, 1.165) is 0 Å². The molecule has 0 bridgehead atoms. The van der Waals surface area contributed by atoms with Crippen molar-refractivity contribution in [3.8, 4) is 0 Å². The van der Waals surface area contributed by atoms with E-state index in [4.69, 9.17) is 23.7 Å². The number of nitrogens with zero attached hydrogens (tertiary/aromatic N) is 1. The molecule has 0 aliphatic carbocycles. The normalized spacial score (nSPS) is 29.1. The van der Waals surface area contributed by atoms with Crippen LogP contribution in [0.1, 0.15) is 34.6 Å². The van der Waals surface area contributed by atoms with E-state index in [1.165, 1.54) is 43.5 Å². The third-order valence-electron chi connectivity index (χ3n) is 6.50. The minimum absolute atomic E-state index is 0.0113. The van der Waals surface area contributed by atoms with Gasteiger partial charge in [0.25, 0.3) is 15.9 Å².